The second kappa shape index (κ2) is 8.62. The standard InChI is InChI=1S/C18H17Cl2NO3/c1-3-24-15-9-7-12(11-16(15)23-2)8-10-17(22)21-18-13(19)5-4-6-14(18)20/h4-11H,3H2,1-2H3,(H,21,22)/b10-8+. The van der Waals surface area contributed by atoms with Crippen LogP contribution in [0, 0.1) is 0 Å². The van der Waals surface area contributed by atoms with E-state index in [1.54, 1.807) is 43.5 Å². The van der Waals surface area contributed by atoms with Crippen LogP contribution in [0.1, 0.15) is 12.5 Å². The number of para-hydroxylation sites is 1. The Morgan fingerprint density at radius 1 is 1.17 bits per heavy atom. The minimum absolute atomic E-state index is 0.335. The van der Waals surface area contributed by atoms with Crippen molar-refractivity contribution >= 4 is 40.9 Å². The molecule has 0 spiro atoms. The molecule has 4 nitrogen and oxygen atoms in total. The number of hydrogen-bond acceptors (Lipinski definition) is 3. The second-order valence-corrected chi connectivity index (χ2v) is 5.58. The first-order valence-corrected chi connectivity index (χ1v) is 8.04. The fourth-order valence-corrected chi connectivity index (χ4v) is 2.51. The quantitative estimate of drug-likeness (QED) is 0.728. The molecular weight excluding hydrogens is 349 g/mol. The third kappa shape index (κ3) is 4.66. The van der Waals surface area contributed by atoms with Crippen LogP contribution in [0.25, 0.3) is 6.08 Å². The summed E-state index contributed by atoms with van der Waals surface area (Å²) in [5.41, 5.74) is 1.19. The molecule has 0 unspecified atom stereocenters. The number of amides is 1. The lowest BCUT2D eigenvalue weighted by atomic mass is 10.2. The Bertz CT molecular complexity index is 740. The number of rotatable bonds is 6. The number of nitrogens with one attached hydrogen (secondary N) is 1. The van der Waals surface area contributed by atoms with Gasteiger partial charge in [0.15, 0.2) is 11.5 Å². The van der Waals surface area contributed by atoms with E-state index in [1.165, 1.54) is 6.08 Å². The first-order valence-electron chi connectivity index (χ1n) is 7.29. The third-order valence-corrected chi connectivity index (χ3v) is 3.76. The maximum absolute atomic E-state index is 12.0. The SMILES string of the molecule is CCOc1ccc(/C=C/C(=O)Nc2c(Cl)cccc2Cl)cc1OC. The highest BCUT2D eigenvalue weighted by atomic mass is 35.5. The van der Waals surface area contributed by atoms with E-state index in [2.05, 4.69) is 5.32 Å². The van der Waals surface area contributed by atoms with Gasteiger partial charge in [0, 0.05) is 6.08 Å². The van der Waals surface area contributed by atoms with E-state index in [0.717, 1.165) is 5.56 Å². The molecule has 126 valence electrons. The van der Waals surface area contributed by atoms with Crippen LogP contribution in [0.4, 0.5) is 5.69 Å². The predicted molar refractivity (Wildman–Crippen MR) is 98.3 cm³/mol. The number of ether oxygens (including phenoxy) is 2. The Hall–Kier alpha value is -2.17. The average Bonchev–Trinajstić information content (AvgIpc) is 2.57. The number of benzene rings is 2. The summed E-state index contributed by atoms with van der Waals surface area (Å²) in [6.07, 6.45) is 3.06. The zero-order chi connectivity index (χ0) is 17.5. The molecule has 2 rings (SSSR count). The summed E-state index contributed by atoms with van der Waals surface area (Å²) >= 11 is 12.0. The first kappa shape index (κ1) is 18.2. The summed E-state index contributed by atoms with van der Waals surface area (Å²) < 4.78 is 10.7. The van der Waals surface area contributed by atoms with Crippen LogP contribution < -0.4 is 14.8 Å². The molecule has 6 heteroatoms. The fraction of sp³-hybridized carbons (Fsp3) is 0.167. The van der Waals surface area contributed by atoms with Gasteiger partial charge in [-0.1, -0.05) is 35.3 Å². The van der Waals surface area contributed by atoms with Crippen LogP contribution in [0.5, 0.6) is 11.5 Å². The molecule has 0 aliphatic carbocycles. The van der Waals surface area contributed by atoms with E-state index < -0.39 is 0 Å². The topological polar surface area (TPSA) is 47.6 Å². The molecule has 0 atom stereocenters. The molecule has 24 heavy (non-hydrogen) atoms. The first-order chi connectivity index (χ1) is 11.5. The molecule has 1 N–H and O–H groups in total. The molecule has 0 aromatic heterocycles. The van der Waals surface area contributed by atoms with Gasteiger partial charge in [0.2, 0.25) is 5.91 Å². The lowest BCUT2D eigenvalue weighted by Crippen LogP contribution is -2.08. The van der Waals surface area contributed by atoms with Gasteiger partial charge < -0.3 is 14.8 Å². The molecule has 0 radical (unpaired) electrons. The van der Waals surface area contributed by atoms with Gasteiger partial charge in [-0.2, -0.15) is 0 Å². The normalized spacial score (nSPS) is 10.7. The van der Waals surface area contributed by atoms with Gasteiger partial charge >= 0.3 is 0 Å². The molecule has 2 aromatic carbocycles. The van der Waals surface area contributed by atoms with Crippen molar-refractivity contribution in [3.05, 3.63) is 58.1 Å². The highest BCUT2D eigenvalue weighted by Gasteiger charge is 2.08. The summed E-state index contributed by atoms with van der Waals surface area (Å²) in [7, 11) is 1.57. The second-order valence-electron chi connectivity index (χ2n) is 4.76. The van der Waals surface area contributed by atoms with Crippen LogP contribution in [0.15, 0.2) is 42.5 Å². The van der Waals surface area contributed by atoms with Gasteiger partial charge in [0.25, 0.3) is 0 Å². The van der Waals surface area contributed by atoms with Crippen molar-refractivity contribution in [2.24, 2.45) is 0 Å². The Morgan fingerprint density at radius 3 is 2.50 bits per heavy atom. The summed E-state index contributed by atoms with van der Waals surface area (Å²) in [5, 5.41) is 3.43. The molecule has 0 fully saturated rings. The van der Waals surface area contributed by atoms with Crippen molar-refractivity contribution in [2.75, 3.05) is 19.0 Å². The highest BCUT2D eigenvalue weighted by molar-refractivity contribution is 6.39. The predicted octanol–water partition coefficient (Wildman–Crippen LogP) is 5.05. The summed E-state index contributed by atoms with van der Waals surface area (Å²) in [5.74, 6) is 0.927. The Labute approximate surface area is 151 Å². The zero-order valence-electron chi connectivity index (χ0n) is 13.3. The molecule has 0 aliphatic heterocycles. The van der Waals surface area contributed by atoms with Crippen molar-refractivity contribution in [1.82, 2.24) is 0 Å². The van der Waals surface area contributed by atoms with Gasteiger partial charge in [0.1, 0.15) is 0 Å². The smallest absolute Gasteiger partial charge is 0.248 e. The van der Waals surface area contributed by atoms with Crippen molar-refractivity contribution in [3.63, 3.8) is 0 Å². The third-order valence-electron chi connectivity index (χ3n) is 3.13. The van der Waals surface area contributed by atoms with Crippen LogP contribution >= 0.6 is 23.2 Å². The van der Waals surface area contributed by atoms with Crippen LogP contribution in [-0.4, -0.2) is 19.6 Å². The lowest BCUT2D eigenvalue weighted by molar-refractivity contribution is -0.111. The van der Waals surface area contributed by atoms with Crippen molar-refractivity contribution in [1.29, 1.82) is 0 Å². The summed E-state index contributed by atoms with van der Waals surface area (Å²) in [6.45, 7) is 2.45. The summed E-state index contributed by atoms with van der Waals surface area (Å²) in [6, 6.07) is 10.4. The van der Waals surface area contributed by atoms with E-state index in [-0.39, 0.29) is 5.91 Å². The monoisotopic (exact) mass is 365 g/mol. The van der Waals surface area contributed by atoms with Gasteiger partial charge in [-0.3, -0.25) is 4.79 Å². The van der Waals surface area contributed by atoms with Crippen LogP contribution in [-0.2, 0) is 4.79 Å². The van der Waals surface area contributed by atoms with E-state index in [9.17, 15) is 4.79 Å². The highest BCUT2D eigenvalue weighted by Crippen LogP contribution is 2.30. The molecule has 2 aromatic rings. The van der Waals surface area contributed by atoms with Crippen LogP contribution in [0.3, 0.4) is 0 Å². The number of carbonyl (C=O) groups excluding carboxylic acids is 1. The molecule has 0 saturated carbocycles. The minimum Gasteiger partial charge on any atom is -0.493 e. The maximum Gasteiger partial charge on any atom is 0.248 e. The van der Waals surface area contributed by atoms with E-state index in [0.29, 0.717) is 33.8 Å². The lowest BCUT2D eigenvalue weighted by Gasteiger charge is -2.09. The van der Waals surface area contributed by atoms with Crippen molar-refractivity contribution in [2.45, 2.75) is 6.92 Å². The maximum atomic E-state index is 12.0. The molecule has 0 aliphatic rings. The minimum atomic E-state index is -0.335. The van der Waals surface area contributed by atoms with Crippen LogP contribution in [0.2, 0.25) is 10.0 Å². The van der Waals surface area contributed by atoms with Crippen molar-refractivity contribution in [3.8, 4) is 11.5 Å². The number of hydrogen-bond donors (Lipinski definition) is 1. The molecule has 1 amide bonds. The van der Waals surface area contributed by atoms with E-state index in [4.69, 9.17) is 32.7 Å². The largest absolute Gasteiger partial charge is 0.493 e. The average molecular weight is 366 g/mol. The number of carbonyl (C=O) groups is 1. The Kier molecular flexibility index (Phi) is 6.53. The molecule has 0 saturated heterocycles. The molecule has 0 bridgehead atoms. The van der Waals surface area contributed by atoms with Gasteiger partial charge in [-0.25, -0.2) is 0 Å². The van der Waals surface area contributed by atoms with Gasteiger partial charge in [-0.15, -0.1) is 0 Å². The van der Waals surface area contributed by atoms with Crippen molar-refractivity contribution < 1.29 is 14.3 Å². The Morgan fingerprint density at radius 2 is 1.88 bits per heavy atom. The number of halogens is 2. The number of methoxy groups -OCH3 is 1. The Balaban J connectivity index is 2.11. The van der Waals surface area contributed by atoms with E-state index >= 15 is 0 Å². The van der Waals surface area contributed by atoms with Gasteiger partial charge in [0.05, 0.1) is 29.4 Å². The zero-order valence-corrected chi connectivity index (χ0v) is 14.8. The molecule has 0 heterocycles. The van der Waals surface area contributed by atoms with Gasteiger partial charge in [-0.05, 0) is 42.8 Å². The van der Waals surface area contributed by atoms with E-state index in [1.807, 2.05) is 13.0 Å². The fourth-order valence-electron chi connectivity index (χ4n) is 2.02. The summed E-state index contributed by atoms with van der Waals surface area (Å²) in [4.78, 5) is 12.0. The molecular formula is C18H17Cl2NO3. The number of anilines is 1.